The molecular formula is C25H26N2O3. The molecule has 3 rings (SSSR count). The SMILES string of the molecule is CC(C)COc1ccc(C(=O)Nc2cccc(C(=O)N(C)c3ccccc3)c2)cc1. The molecule has 154 valence electrons. The van der Waals surface area contributed by atoms with Crippen molar-refractivity contribution >= 4 is 23.2 Å². The topological polar surface area (TPSA) is 58.6 Å². The highest BCUT2D eigenvalue weighted by molar-refractivity contribution is 6.08. The van der Waals surface area contributed by atoms with Gasteiger partial charge in [0.05, 0.1) is 6.61 Å². The van der Waals surface area contributed by atoms with Crippen LogP contribution in [-0.2, 0) is 0 Å². The van der Waals surface area contributed by atoms with Gasteiger partial charge in [0.15, 0.2) is 0 Å². The molecule has 0 aromatic heterocycles. The summed E-state index contributed by atoms with van der Waals surface area (Å²) in [4.78, 5) is 27.0. The third kappa shape index (κ3) is 5.47. The molecule has 30 heavy (non-hydrogen) atoms. The number of rotatable bonds is 7. The van der Waals surface area contributed by atoms with Crippen molar-refractivity contribution < 1.29 is 14.3 Å². The molecule has 0 saturated heterocycles. The highest BCUT2D eigenvalue weighted by Gasteiger charge is 2.14. The average Bonchev–Trinajstić information content (AvgIpc) is 2.77. The smallest absolute Gasteiger partial charge is 0.258 e. The molecule has 0 radical (unpaired) electrons. The zero-order valence-corrected chi connectivity index (χ0v) is 17.5. The Morgan fingerprint density at radius 1 is 0.900 bits per heavy atom. The fraction of sp³-hybridized carbons (Fsp3) is 0.200. The van der Waals surface area contributed by atoms with Crippen molar-refractivity contribution in [2.45, 2.75) is 13.8 Å². The molecule has 0 aliphatic rings. The minimum Gasteiger partial charge on any atom is -0.493 e. The maximum atomic E-state index is 12.8. The lowest BCUT2D eigenvalue weighted by atomic mass is 10.1. The number of anilines is 2. The van der Waals surface area contributed by atoms with Gasteiger partial charge in [0.2, 0.25) is 0 Å². The first-order chi connectivity index (χ1) is 14.4. The van der Waals surface area contributed by atoms with Crippen molar-refractivity contribution in [3.63, 3.8) is 0 Å². The van der Waals surface area contributed by atoms with Gasteiger partial charge in [0, 0.05) is 29.5 Å². The summed E-state index contributed by atoms with van der Waals surface area (Å²) in [5, 5.41) is 2.85. The molecule has 0 unspecified atom stereocenters. The van der Waals surface area contributed by atoms with Crippen LogP contribution in [0.1, 0.15) is 34.6 Å². The summed E-state index contributed by atoms with van der Waals surface area (Å²) >= 11 is 0. The highest BCUT2D eigenvalue weighted by Crippen LogP contribution is 2.19. The zero-order valence-electron chi connectivity index (χ0n) is 17.5. The monoisotopic (exact) mass is 402 g/mol. The molecule has 0 aliphatic carbocycles. The van der Waals surface area contributed by atoms with E-state index in [1.807, 2.05) is 30.3 Å². The molecule has 3 aromatic rings. The minimum atomic E-state index is -0.244. The number of carbonyl (C=O) groups excluding carboxylic acids is 2. The molecule has 0 spiro atoms. The van der Waals surface area contributed by atoms with Gasteiger partial charge in [-0.15, -0.1) is 0 Å². The molecule has 3 aromatic carbocycles. The van der Waals surface area contributed by atoms with E-state index in [1.54, 1.807) is 60.5 Å². The maximum absolute atomic E-state index is 12.8. The predicted octanol–water partition coefficient (Wildman–Crippen LogP) is 5.25. The van der Waals surface area contributed by atoms with Gasteiger partial charge >= 0.3 is 0 Å². The summed E-state index contributed by atoms with van der Waals surface area (Å²) in [5.41, 5.74) is 2.38. The molecular weight excluding hydrogens is 376 g/mol. The Balaban J connectivity index is 1.67. The van der Waals surface area contributed by atoms with Gasteiger partial charge < -0.3 is 15.0 Å². The zero-order chi connectivity index (χ0) is 21.5. The summed E-state index contributed by atoms with van der Waals surface area (Å²) in [5.74, 6) is 0.774. The second-order valence-electron chi connectivity index (χ2n) is 7.46. The Labute approximate surface area is 177 Å². The number of para-hydroxylation sites is 1. The number of ether oxygens (including phenoxy) is 1. The van der Waals surface area contributed by atoms with E-state index in [0.29, 0.717) is 29.3 Å². The van der Waals surface area contributed by atoms with E-state index in [9.17, 15) is 9.59 Å². The van der Waals surface area contributed by atoms with Crippen LogP contribution in [0.15, 0.2) is 78.9 Å². The van der Waals surface area contributed by atoms with E-state index in [1.165, 1.54) is 0 Å². The quantitative estimate of drug-likeness (QED) is 0.587. The van der Waals surface area contributed by atoms with Gasteiger partial charge in [-0.05, 0) is 60.5 Å². The Morgan fingerprint density at radius 2 is 1.60 bits per heavy atom. The number of hydrogen-bond donors (Lipinski definition) is 1. The van der Waals surface area contributed by atoms with E-state index in [2.05, 4.69) is 19.2 Å². The van der Waals surface area contributed by atoms with Crippen molar-refractivity contribution in [3.8, 4) is 5.75 Å². The lowest BCUT2D eigenvalue weighted by Crippen LogP contribution is -2.26. The van der Waals surface area contributed by atoms with E-state index in [4.69, 9.17) is 4.74 Å². The van der Waals surface area contributed by atoms with Crippen molar-refractivity contribution in [1.29, 1.82) is 0 Å². The number of hydrogen-bond acceptors (Lipinski definition) is 3. The van der Waals surface area contributed by atoms with Crippen LogP contribution in [0.2, 0.25) is 0 Å². The lowest BCUT2D eigenvalue weighted by molar-refractivity contribution is 0.0990. The summed E-state index contributed by atoms with van der Waals surface area (Å²) in [6.07, 6.45) is 0. The second-order valence-corrected chi connectivity index (χ2v) is 7.46. The number of amides is 2. The first-order valence-electron chi connectivity index (χ1n) is 9.91. The lowest BCUT2D eigenvalue weighted by Gasteiger charge is -2.17. The van der Waals surface area contributed by atoms with Crippen LogP contribution in [0, 0.1) is 5.92 Å². The first-order valence-corrected chi connectivity index (χ1v) is 9.91. The van der Waals surface area contributed by atoms with Crippen LogP contribution in [0.4, 0.5) is 11.4 Å². The first kappa shape index (κ1) is 21.1. The van der Waals surface area contributed by atoms with E-state index in [-0.39, 0.29) is 11.8 Å². The molecule has 5 nitrogen and oxygen atoms in total. The molecule has 2 amide bonds. The molecule has 0 atom stereocenters. The van der Waals surface area contributed by atoms with E-state index in [0.717, 1.165) is 11.4 Å². The highest BCUT2D eigenvalue weighted by atomic mass is 16.5. The molecule has 0 saturated carbocycles. The summed E-state index contributed by atoms with van der Waals surface area (Å²) in [7, 11) is 1.73. The van der Waals surface area contributed by atoms with Gasteiger partial charge in [0.1, 0.15) is 5.75 Å². The van der Waals surface area contributed by atoms with Crippen LogP contribution in [0.3, 0.4) is 0 Å². The Bertz CT molecular complexity index is 998. The Morgan fingerprint density at radius 3 is 2.27 bits per heavy atom. The van der Waals surface area contributed by atoms with Crippen LogP contribution < -0.4 is 15.0 Å². The largest absolute Gasteiger partial charge is 0.493 e. The minimum absolute atomic E-state index is 0.149. The molecule has 5 heteroatoms. The van der Waals surface area contributed by atoms with Gasteiger partial charge in [-0.2, -0.15) is 0 Å². The summed E-state index contributed by atoms with van der Waals surface area (Å²) in [6.45, 7) is 4.79. The van der Waals surface area contributed by atoms with Crippen LogP contribution in [0.5, 0.6) is 5.75 Å². The van der Waals surface area contributed by atoms with E-state index < -0.39 is 0 Å². The molecule has 0 heterocycles. The molecule has 0 fully saturated rings. The van der Waals surface area contributed by atoms with Crippen LogP contribution in [-0.4, -0.2) is 25.5 Å². The molecule has 1 N–H and O–H groups in total. The van der Waals surface area contributed by atoms with Crippen molar-refractivity contribution in [2.24, 2.45) is 5.92 Å². The van der Waals surface area contributed by atoms with Crippen molar-refractivity contribution in [2.75, 3.05) is 23.9 Å². The average molecular weight is 402 g/mol. The Hall–Kier alpha value is -3.60. The summed E-state index contributed by atoms with van der Waals surface area (Å²) < 4.78 is 5.65. The molecule has 0 bridgehead atoms. The third-order valence-electron chi connectivity index (χ3n) is 4.52. The van der Waals surface area contributed by atoms with Gasteiger partial charge in [-0.1, -0.05) is 38.1 Å². The predicted molar refractivity (Wildman–Crippen MR) is 120 cm³/mol. The number of carbonyl (C=O) groups is 2. The summed E-state index contributed by atoms with van der Waals surface area (Å²) in [6, 6.07) is 23.4. The van der Waals surface area contributed by atoms with Gasteiger partial charge in [-0.3, -0.25) is 9.59 Å². The second kappa shape index (κ2) is 9.74. The van der Waals surface area contributed by atoms with Gasteiger partial charge in [-0.25, -0.2) is 0 Å². The Kier molecular flexibility index (Phi) is 6.86. The number of nitrogens with one attached hydrogen (secondary N) is 1. The molecule has 0 aliphatic heterocycles. The fourth-order valence-electron chi connectivity index (χ4n) is 2.86. The van der Waals surface area contributed by atoms with Crippen LogP contribution >= 0.6 is 0 Å². The standard InChI is InChI=1S/C25H26N2O3/c1-18(2)17-30-23-14-12-19(13-15-23)24(28)26-21-9-7-8-20(16-21)25(29)27(3)22-10-5-4-6-11-22/h4-16,18H,17H2,1-3H3,(H,26,28). The number of nitrogens with zero attached hydrogens (tertiary/aromatic N) is 1. The normalized spacial score (nSPS) is 10.5. The van der Waals surface area contributed by atoms with Crippen molar-refractivity contribution in [3.05, 3.63) is 90.0 Å². The van der Waals surface area contributed by atoms with Gasteiger partial charge in [0.25, 0.3) is 11.8 Å². The van der Waals surface area contributed by atoms with E-state index >= 15 is 0 Å². The third-order valence-corrected chi connectivity index (χ3v) is 4.52. The van der Waals surface area contributed by atoms with Crippen LogP contribution in [0.25, 0.3) is 0 Å². The van der Waals surface area contributed by atoms with Crippen molar-refractivity contribution in [1.82, 2.24) is 0 Å². The number of benzene rings is 3. The fourth-order valence-corrected chi connectivity index (χ4v) is 2.86. The maximum Gasteiger partial charge on any atom is 0.258 e.